The van der Waals surface area contributed by atoms with E-state index in [1.54, 1.807) is 7.11 Å². The molecule has 0 bridgehead atoms. The molecule has 0 aromatic carbocycles. The Hall–Kier alpha value is -1.16. The van der Waals surface area contributed by atoms with Gasteiger partial charge in [-0.15, -0.1) is 0 Å². The predicted octanol–water partition coefficient (Wildman–Crippen LogP) is 1.78. The summed E-state index contributed by atoms with van der Waals surface area (Å²) in [6.45, 7) is 6.59. The van der Waals surface area contributed by atoms with Gasteiger partial charge in [-0.05, 0) is 19.3 Å². The van der Waals surface area contributed by atoms with E-state index in [1.165, 1.54) is 0 Å². The van der Waals surface area contributed by atoms with Gasteiger partial charge in [-0.2, -0.15) is 0 Å². The highest BCUT2D eigenvalue weighted by Crippen LogP contribution is 2.12. The number of methoxy groups -OCH3 is 1. The zero-order valence-electron chi connectivity index (χ0n) is 10.5. The molecule has 0 saturated carbocycles. The van der Waals surface area contributed by atoms with E-state index >= 15 is 0 Å². The van der Waals surface area contributed by atoms with E-state index in [0.717, 1.165) is 29.9 Å². The van der Waals surface area contributed by atoms with Crippen molar-refractivity contribution in [3.8, 4) is 0 Å². The highest BCUT2D eigenvalue weighted by molar-refractivity contribution is 5.20. The number of nitrogens with one attached hydrogen (secondary N) is 1. The Kier molecular flexibility index (Phi) is 4.68. The number of aryl methyl sites for hydroxylation is 2. The lowest BCUT2D eigenvalue weighted by molar-refractivity contribution is 0.194. The van der Waals surface area contributed by atoms with Gasteiger partial charge in [0.05, 0.1) is 0 Å². The smallest absolute Gasteiger partial charge is 0.254 e. The molecule has 0 spiro atoms. The van der Waals surface area contributed by atoms with Gasteiger partial charge >= 0.3 is 0 Å². The lowest BCUT2D eigenvalue weighted by atomic mass is 10.0. The van der Waals surface area contributed by atoms with Crippen LogP contribution in [0.3, 0.4) is 0 Å². The van der Waals surface area contributed by atoms with Crippen molar-refractivity contribution >= 4 is 0 Å². The van der Waals surface area contributed by atoms with Crippen molar-refractivity contribution in [1.29, 1.82) is 0 Å². The van der Waals surface area contributed by atoms with Gasteiger partial charge in [-0.25, -0.2) is 4.98 Å². The topological polar surface area (TPSA) is 55.0 Å². The summed E-state index contributed by atoms with van der Waals surface area (Å²) in [5.74, 6) is 0.966. The van der Waals surface area contributed by atoms with Crippen LogP contribution < -0.4 is 5.56 Å². The maximum atomic E-state index is 11.8. The lowest BCUT2D eigenvalue weighted by Crippen LogP contribution is -2.20. The molecular formula is C12H20N2O2. The minimum atomic E-state index is -0.00471. The first-order valence-corrected chi connectivity index (χ1v) is 5.65. The molecule has 0 amide bonds. The molecule has 1 rings (SSSR count). The van der Waals surface area contributed by atoms with Gasteiger partial charge < -0.3 is 9.72 Å². The Labute approximate surface area is 96.1 Å². The molecule has 1 aromatic heterocycles. The Balaban J connectivity index is 2.88. The van der Waals surface area contributed by atoms with Crippen molar-refractivity contribution < 1.29 is 4.74 Å². The van der Waals surface area contributed by atoms with E-state index < -0.39 is 0 Å². The van der Waals surface area contributed by atoms with Gasteiger partial charge in [0.25, 0.3) is 5.56 Å². The number of hydrogen-bond donors (Lipinski definition) is 1. The molecule has 90 valence electrons. The van der Waals surface area contributed by atoms with Crippen LogP contribution in [0.2, 0.25) is 0 Å². The van der Waals surface area contributed by atoms with Crippen LogP contribution >= 0.6 is 0 Å². The molecule has 1 N–H and O–H groups in total. The number of aromatic amines is 1. The average molecular weight is 224 g/mol. The standard InChI is InChI=1S/C12H20N2O2/c1-8(2)11-9(3)13-10(14-12(11)15)6-5-7-16-4/h8H,5-7H2,1-4H3,(H,13,14,15). The van der Waals surface area contributed by atoms with Gasteiger partial charge in [-0.1, -0.05) is 13.8 Å². The summed E-state index contributed by atoms with van der Waals surface area (Å²) in [5, 5.41) is 0. The van der Waals surface area contributed by atoms with Crippen LogP contribution in [-0.4, -0.2) is 23.7 Å². The van der Waals surface area contributed by atoms with Crippen LogP contribution in [0.4, 0.5) is 0 Å². The quantitative estimate of drug-likeness (QED) is 0.776. The molecule has 16 heavy (non-hydrogen) atoms. The van der Waals surface area contributed by atoms with E-state index in [-0.39, 0.29) is 11.5 Å². The van der Waals surface area contributed by atoms with Crippen LogP contribution in [-0.2, 0) is 11.2 Å². The Morgan fingerprint density at radius 1 is 1.44 bits per heavy atom. The van der Waals surface area contributed by atoms with Crippen LogP contribution in [0.25, 0.3) is 0 Å². The van der Waals surface area contributed by atoms with Gasteiger partial charge in [0.2, 0.25) is 0 Å². The van der Waals surface area contributed by atoms with Crippen molar-refractivity contribution in [1.82, 2.24) is 9.97 Å². The van der Waals surface area contributed by atoms with Gasteiger partial charge in [0.15, 0.2) is 0 Å². The largest absolute Gasteiger partial charge is 0.385 e. The first-order valence-electron chi connectivity index (χ1n) is 5.65. The third-order valence-corrected chi connectivity index (χ3v) is 2.53. The number of aromatic nitrogens is 2. The van der Waals surface area contributed by atoms with Crippen molar-refractivity contribution in [3.05, 3.63) is 27.4 Å². The molecule has 0 saturated heterocycles. The van der Waals surface area contributed by atoms with E-state index in [1.807, 2.05) is 20.8 Å². The average Bonchev–Trinajstić information content (AvgIpc) is 2.16. The molecule has 4 heteroatoms. The number of hydrogen-bond acceptors (Lipinski definition) is 3. The molecule has 0 fully saturated rings. The first kappa shape index (κ1) is 12.9. The SMILES string of the molecule is COCCCc1nc(C)c(C(C)C)c(=O)[nH]1. The summed E-state index contributed by atoms with van der Waals surface area (Å²) in [5.41, 5.74) is 1.62. The molecule has 4 nitrogen and oxygen atoms in total. The molecule has 0 atom stereocenters. The first-order chi connectivity index (χ1) is 7.56. The van der Waals surface area contributed by atoms with Gasteiger partial charge in [0.1, 0.15) is 5.82 Å². The fourth-order valence-electron chi connectivity index (χ4n) is 1.84. The Morgan fingerprint density at radius 2 is 2.12 bits per heavy atom. The predicted molar refractivity (Wildman–Crippen MR) is 63.9 cm³/mol. The summed E-state index contributed by atoms with van der Waals surface area (Å²) >= 11 is 0. The van der Waals surface area contributed by atoms with E-state index in [0.29, 0.717) is 6.61 Å². The van der Waals surface area contributed by atoms with Crippen LogP contribution in [0, 0.1) is 6.92 Å². The second kappa shape index (κ2) is 5.80. The minimum absolute atomic E-state index is 0.00471. The van der Waals surface area contributed by atoms with E-state index in [9.17, 15) is 4.79 Å². The lowest BCUT2D eigenvalue weighted by Gasteiger charge is -2.09. The molecule has 0 unspecified atom stereocenters. The summed E-state index contributed by atoms with van der Waals surface area (Å²) in [4.78, 5) is 19.1. The number of H-pyrrole nitrogens is 1. The molecule has 0 aliphatic carbocycles. The van der Waals surface area contributed by atoms with Crippen LogP contribution in [0.1, 0.15) is 43.3 Å². The number of rotatable bonds is 5. The summed E-state index contributed by atoms with van der Waals surface area (Å²) < 4.78 is 4.97. The minimum Gasteiger partial charge on any atom is -0.385 e. The number of nitrogens with zero attached hydrogens (tertiary/aromatic N) is 1. The zero-order valence-corrected chi connectivity index (χ0v) is 10.5. The molecule has 0 radical (unpaired) electrons. The second-order valence-electron chi connectivity index (χ2n) is 4.26. The summed E-state index contributed by atoms with van der Waals surface area (Å²) in [6, 6.07) is 0. The molecule has 0 aliphatic rings. The third kappa shape index (κ3) is 3.17. The summed E-state index contributed by atoms with van der Waals surface area (Å²) in [7, 11) is 1.67. The molecule has 1 heterocycles. The number of ether oxygens (including phenoxy) is 1. The van der Waals surface area contributed by atoms with Crippen molar-refractivity contribution in [2.24, 2.45) is 0 Å². The highest BCUT2D eigenvalue weighted by atomic mass is 16.5. The highest BCUT2D eigenvalue weighted by Gasteiger charge is 2.11. The molecular weight excluding hydrogens is 204 g/mol. The fourth-order valence-corrected chi connectivity index (χ4v) is 1.84. The molecule has 1 aromatic rings. The maximum absolute atomic E-state index is 11.8. The Morgan fingerprint density at radius 3 is 2.62 bits per heavy atom. The zero-order chi connectivity index (χ0) is 12.1. The van der Waals surface area contributed by atoms with Crippen molar-refractivity contribution in [3.63, 3.8) is 0 Å². The monoisotopic (exact) mass is 224 g/mol. The van der Waals surface area contributed by atoms with Crippen molar-refractivity contribution in [2.75, 3.05) is 13.7 Å². The van der Waals surface area contributed by atoms with Crippen LogP contribution in [0.5, 0.6) is 0 Å². The van der Waals surface area contributed by atoms with E-state index in [2.05, 4.69) is 9.97 Å². The normalized spacial score (nSPS) is 11.1. The second-order valence-corrected chi connectivity index (χ2v) is 4.26. The van der Waals surface area contributed by atoms with Gasteiger partial charge in [-0.3, -0.25) is 4.79 Å². The Bertz CT molecular complexity index is 396. The van der Waals surface area contributed by atoms with Gasteiger partial charge in [0, 0.05) is 31.4 Å². The summed E-state index contributed by atoms with van der Waals surface area (Å²) in [6.07, 6.45) is 1.63. The van der Waals surface area contributed by atoms with Crippen molar-refractivity contribution in [2.45, 2.75) is 39.5 Å². The maximum Gasteiger partial charge on any atom is 0.254 e. The fraction of sp³-hybridized carbons (Fsp3) is 0.667. The van der Waals surface area contributed by atoms with E-state index in [4.69, 9.17) is 4.74 Å². The molecule has 0 aliphatic heterocycles. The third-order valence-electron chi connectivity index (χ3n) is 2.53. The van der Waals surface area contributed by atoms with Crippen LogP contribution in [0.15, 0.2) is 4.79 Å².